The van der Waals surface area contributed by atoms with E-state index in [-0.39, 0.29) is 5.56 Å². The van der Waals surface area contributed by atoms with E-state index in [1.165, 1.54) is 12.1 Å². The number of halogens is 1. The summed E-state index contributed by atoms with van der Waals surface area (Å²) in [7, 11) is 0. The fraction of sp³-hybridized carbons (Fsp3) is 0.231. The Kier molecular flexibility index (Phi) is 3.41. The molecule has 0 bridgehead atoms. The third-order valence-corrected chi connectivity index (χ3v) is 2.56. The second-order valence-corrected chi connectivity index (χ2v) is 4.03. The van der Waals surface area contributed by atoms with Crippen LogP contribution < -0.4 is 0 Å². The van der Waals surface area contributed by atoms with Crippen molar-refractivity contribution in [1.82, 2.24) is 9.78 Å². The third kappa shape index (κ3) is 2.56. The van der Waals surface area contributed by atoms with Crippen molar-refractivity contribution in [3.8, 4) is 11.1 Å². The highest BCUT2D eigenvalue weighted by Crippen LogP contribution is 2.21. The molecule has 0 amide bonds. The summed E-state index contributed by atoms with van der Waals surface area (Å²) in [5.74, 6) is -1.70. The molecule has 1 aromatic heterocycles. The Morgan fingerprint density at radius 3 is 2.83 bits per heavy atom. The maximum Gasteiger partial charge on any atom is 0.335 e. The van der Waals surface area contributed by atoms with Crippen molar-refractivity contribution in [3.05, 3.63) is 42.0 Å². The largest absolute Gasteiger partial charge is 0.478 e. The van der Waals surface area contributed by atoms with Crippen LogP contribution in [0, 0.1) is 5.82 Å². The minimum atomic E-state index is -1.14. The minimum Gasteiger partial charge on any atom is -0.478 e. The zero-order chi connectivity index (χ0) is 13.1. The summed E-state index contributed by atoms with van der Waals surface area (Å²) >= 11 is 0. The Bertz CT molecular complexity index is 578. The number of nitrogens with zero attached hydrogens (tertiary/aromatic N) is 2. The second kappa shape index (κ2) is 5.00. The number of aromatic nitrogens is 2. The van der Waals surface area contributed by atoms with Crippen LogP contribution in [0.4, 0.5) is 4.39 Å². The van der Waals surface area contributed by atoms with Crippen LogP contribution in [0.5, 0.6) is 0 Å². The van der Waals surface area contributed by atoms with Gasteiger partial charge in [-0.2, -0.15) is 5.10 Å². The first-order chi connectivity index (χ1) is 8.60. The highest BCUT2D eigenvalue weighted by molar-refractivity contribution is 5.89. The zero-order valence-corrected chi connectivity index (χ0v) is 9.93. The fourth-order valence-electron chi connectivity index (χ4n) is 1.74. The molecule has 0 aliphatic heterocycles. The number of aromatic carboxylic acids is 1. The predicted molar refractivity (Wildman–Crippen MR) is 64.9 cm³/mol. The molecule has 1 N–H and O–H groups in total. The van der Waals surface area contributed by atoms with Gasteiger partial charge < -0.3 is 5.11 Å². The van der Waals surface area contributed by atoms with E-state index < -0.39 is 11.8 Å². The maximum absolute atomic E-state index is 13.3. The number of hydrogen-bond acceptors (Lipinski definition) is 2. The Morgan fingerprint density at radius 2 is 2.17 bits per heavy atom. The molecule has 0 unspecified atom stereocenters. The predicted octanol–water partition coefficient (Wildman–Crippen LogP) is 2.80. The average Bonchev–Trinajstić information content (AvgIpc) is 2.77. The number of benzene rings is 1. The molecular formula is C13H13FN2O2. The van der Waals surface area contributed by atoms with Crippen LogP contribution in [-0.2, 0) is 6.54 Å². The smallest absolute Gasteiger partial charge is 0.335 e. The van der Waals surface area contributed by atoms with E-state index in [1.807, 2.05) is 6.92 Å². The summed E-state index contributed by atoms with van der Waals surface area (Å²) in [5.41, 5.74) is 1.17. The third-order valence-electron chi connectivity index (χ3n) is 2.56. The maximum atomic E-state index is 13.3. The Morgan fingerprint density at radius 1 is 1.39 bits per heavy atom. The molecular weight excluding hydrogens is 235 g/mol. The lowest BCUT2D eigenvalue weighted by atomic mass is 10.1. The number of carbonyl (C=O) groups is 1. The number of hydrogen-bond donors (Lipinski definition) is 1. The second-order valence-electron chi connectivity index (χ2n) is 4.03. The van der Waals surface area contributed by atoms with E-state index in [0.717, 1.165) is 19.0 Å². The van der Waals surface area contributed by atoms with Gasteiger partial charge in [-0.05, 0) is 30.2 Å². The molecule has 0 saturated carbocycles. The Balaban J connectivity index is 2.39. The van der Waals surface area contributed by atoms with Crippen LogP contribution in [0.15, 0.2) is 30.6 Å². The molecule has 2 rings (SSSR count). The van der Waals surface area contributed by atoms with E-state index in [9.17, 15) is 9.18 Å². The van der Waals surface area contributed by atoms with Crippen LogP contribution in [0.2, 0.25) is 0 Å². The van der Waals surface area contributed by atoms with Crippen molar-refractivity contribution in [2.45, 2.75) is 19.9 Å². The number of carboxylic acid groups (broad SMARTS) is 1. The molecule has 0 atom stereocenters. The number of rotatable bonds is 4. The summed E-state index contributed by atoms with van der Waals surface area (Å²) in [6, 6.07) is 3.75. The van der Waals surface area contributed by atoms with Crippen molar-refractivity contribution in [1.29, 1.82) is 0 Å². The molecule has 0 aliphatic carbocycles. The quantitative estimate of drug-likeness (QED) is 0.905. The van der Waals surface area contributed by atoms with Gasteiger partial charge in [-0.15, -0.1) is 0 Å². The van der Waals surface area contributed by atoms with Crippen molar-refractivity contribution in [2.24, 2.45) is 0 Å². The fourth-order valence-corrected chi connectivity index (χ4v) is 1.74. The van der Waals surface area contributed by atoms with E-state index in [0.29, 0.717) is 11.1 Å². The molecule has 2 aromatic rings. The molecule has 0 aliphatic rings. The highest BCUT2D eigenvalue weighted by Gasteiger charge is 2.09. The topological polar surface area (TPSA) is 55.1 Å². The standard InChI is InChI=1S/C13H13FN2O2/c1-2-3-16-8-11(7-15-16)9-4-10(13(17)18)6-12(14)5-9/h4-8H,2-3H2,1H3,(H,17,18). The van der Waals surface area contributed by atoms with Crippen LogP contribution in [0.1, 0.15) is 23.7 Å². The Hall–Kier alpha value is -2.17. The van der Waals surface area contributed by atoms with Gasteiger partial charge in [-0.25, -0.2) is 9.18 Å². The molecule has 0 fully saturated rings. The first kappa shape index (κ1) is 12.3. The van der Waals surface area contributed by atoms with Gasteiger partial charge in [-0.3, -0.25) is 4.68 Å². The number of aryl methyl sites for hydroxylation is 1. The SMILES string of the molecule is CCCn1cc(-c2cc(F)cc(C(=O)O)c2)cn1. The van der Waals surface area contributed by atoms with Crippen LogP contribution in [0.3, 0.4) is 0 Å². The highest BCUT2D eigenvalue weighted by atomic mass is 19.1. The molecule has 0 radical (unpaired) electrons. The van der Waals surface area contributed by atoms with Crippen LogP contribution in [0.25, 0.3) is 11.1 Å². The van der Waals surface area contributed by atoms with Crippen molar-refractivity contribution in [2.75, 3.05) is 0 Å². The summed E-state index contributed by atoms with van der Waals surface area (Å²) in [6.07, 6.45) is 4.34. The molecule has 4 nitrogen and oxygen atoms in total. The first-order valence-electron chi connectivity index (χ1n) is 5.67. The number of carboxylic acids is 1. The van der Waals surface area contributed by atoms with Gasteiger partial charge in [0.25, 0.3) is 0 Å². The van der Waals surface area contributed by atoms with Gasteiger partial charge in [0.15, 0.2) is 0 Å². The first-order valence-corrected chi connectivity index (χ1v) is 5.67. The Labute approximate surface area is 104 Å². The average molecular weight is 248 g/mol. The molecule has 1 aromatic carbocycles. The lowest BCUT2D eigenvalue weighted by molar-refractivity contribution is 0.0696. The summed E-state index contributed by atoms with van der Waals surface area (Å²) in [5, 5.41) is 13.0. The van der Waals surface area contributed by atoms with Gasteiger partial charge >= 0.3 is 5.97 Å². The van der Waals surface area contributed by atoms with Gasteiger partial charge in [0, 0.05) is 18.3 Å². The summed E-state index contributed by atoms with van der Waals surface area (Å²) in [4.78, 5) is 10.9. The van der Waals surface area contributed by atoms with Crippen molar-refractivity contribution >= 4 is 5.97 Å². The van der Waals surface area contributed by atoms with E-state index in [2.05, 4.69) is 5.10 Å². The lowest BCUT2D eigenvalue weighted by Crippen LogP contribution is -1.97. The summed E-state index contributed by atoms with van der Waals surface area (Å²) in [6.45, 7) is 2.81. The molecule has 0 spiro atoms. The minimum absolute atomic E-state index is 0.0618. The van der Waals surface area contributed by atoms with E-state index in [1.54, 1.807) is 17.1 Å². The van der Waals surface area contributed by atoms with E-state index >= 15 is 0 Å². The molecule has 0 saturated heterocycles. The normalized spacial score (nSPS) is 10.6. The molecule has 18 heavy (non-hydrogen) atoms. The van der Waals surface area contributed by atoms with Gasteiger partial charge in [0.1, 0.15) is 5.82 Å². The van der Waals surface area contributed by atoms with Gasteiger partial charge in [0.05, 0.1) is 11.8 Å². The van der Waals surface area contributed by atoms with E-state index in [4.69, 9.17) is 5.11 Å². The molecule has 5 heteroatoms. The van der Waals surface area contributed by atoms with Gasteiger partial charge in [-0.1, -0.05) is 6.92 Å². The zero-order valence-electron chi connectivity index (χ0n) is 9.93. The summed E-state index contributed by atoms with van der Waals surface area (Å²) < 4.78 is 15.1. The van der Waals surface area contributed by atoms with Gasteiger partial charge in [0.2, 0.25) is 0 Å². The van der Waals surface area contributed by atoms with Crippen LogP contribution >= 0.6 is 0 Å². The van der Waals surface area contributed by atoms with Crippen LogP contribution in [-0.4, -0.2) is 20.9 Å². The van der Waals surface area contributed by atoms with Crippen molar-refractivity contribution in [3.63, 3.8) is 0 Å². The van der Waals surface area contributed by atoms with Crippen molar-refractivity contribution < 1.29 is 14.3 Å². The monoisotopic (exact) mass is 248 g/mol. The lowest BCUT2D eigenvalue weighted by Gasteiger charge is -2.01. The molecule has 1 heterocycles. The molecule has 94 valence electrons.